The first kappa shape index (κ1) is 14.9. The molecular formula is C16H22O4. The molecule has 0 unspecified atom stereocenters. The summed E-state index contributed by atoms with van der Waals surface area (Å²) in [5.74, 6) is 1.88. The number of hydrogen-bond donors (Lipinski definition) is 0. The van der Waals surface area contributed by atoms with Crippen molar-refractivity contribution in [3.8, 4) is 11.5 Å². The van der Waals surface area contributed by atoms with Crippen LogP contribution in [-0.2, 0) is 4.74 Å². The van der Waals surface area contributed by atoms with Crippen LogP contribution in [0.25, 0.3) is 0 Å². The minimum Gasteiger partial charge on any atom is -0.497 e. The lowest BCUT2D eigenvalue weighted by atomic mass is 9.78. The zero-order valence-electron chi connectivity index (χ0n) is 12.3. The van der Waals surface area contributed by atoms with Crippen LogP contribution in [0, 0.1) is 5.92 Å². The zero-order chi connectivity index (χ0) is 14.5. The van der Waals surface area contributed by atoms with Crippen LogP contribution in [0.2, 0.25) is 0 Å². The fourth-order valence-electron chi connectivity index (χ4n) is 2.56. The second-order valence-electron chi connectivity index (χ2n) is 5.14. The fourth-order valence-corrected chi connectivity index (χ4v) is 2.56. The van der Waals surface area contributed by atoms with Crippen LogP contribution in [0.5, 0.6) is 11.5 Å². The Balaban J connectivity index is 1.96. The van der Waals surface area contributed by atoms with Gasteiger partial charge < -0.3 is 14.2 Å². The first-order valence-electron chi connectivity index (χ1n) is 7.04. The highest BCUT2D eigenvalue weighted by atomic mass is 16.5. The van der Waals surface area contributed by atoms with Gasteiger partial charge in [-0.3, -0.25) is 4.79 Å². The molecule has 1 aromatic carbocycles. The highest BCUT2D eigenvalue weighted by Gasteiger charge is 2.31. The van der Waals surface area contributed by atoms with Gasteiger partial charge >= 0.3 is 0 Å². The third kappa shape index (κ3) is 3.51. The maximum Gasteiger partial charge on any atom is 0.163 e. The molecule has 0 saturated heterocycles. The summed E-state index contributed by atoms with van der Waals surface area (Å²) < 4.78 is 15.9. The van der Waals surface area contributed by atoms with Crippen molar-refractivity contribution in [1.29, 1.82) is 0 Å². The van der Waals surface area contributed by atoms with Crippen molar-refractivity contribution in [3.63, 3.8) is 0 Å². The van der Waals surface area contributed by atoms with E-state index in [1.807, 2.05) is 6.92 Å². The Labute approximate surface area is 120 Å². The van der Waals surface area contributed by atoms with Crippen LogP contribution in [0.1, 0.15) is 36.5 Å². The monoisotopic (exact) mass is 278 g/mol. The largest absolute Gasteiger partial charge is 0.497 e. The van der Waals surface area contributed by atoms with Crippen molar-refractivity contribution in [2.75, 3.05) is 20.8 Å². The molecule has 2 rings (SSSR count). The number of Topliss-reactive ketones (excluding diaryl/α,β-unsaturated/α-hetero) is 1. The predicted octanol–water partition coefficient (Wildman–Crippen LogP) is 3.09. The number of hydrogen-bond acceptors (Lipinski definition) is 4. The van der Waals surface area contributed by atoms with Gasteiger partial charge in [-0.15, -0.1) is 0 Å². The summed E-state index contributed by atoms with van der Waals surface area (Å²) in [5.41, 5.74) is 0.654. The smallest absolute Gasteiger partial charge is 0.163 e. The lowest BCUT2D eigenvalue weighted by molar-refractivity contribution is -0.0246. The Bertz CT molecular complexity index is 441. The average Bonchev–Trinajstić information content (AvgIpc) is 2.44. The van der Waals surface area contributed by atoms with Crippen molar-refractivity contribution >= 4 is 5.78 Å². The van der Waals surface area contributed by atoms with Crippen LogP contribution < -0.4 is 9.47 Å². The second kappa shape index (κ2) is 6.75. The molecule has 1 aliphatic carbocycles. The molecule has 4 heteroatoms. The Morgan fingerprint density at radius 2 is 1.75 bits per heavy atom. The minimum atomic E-state index is 0.141. The van der Waals surface area contributed by atoms with E-state index in [0.717, 1.165) is 19.4 Å². The molecule has 0 heterocycles. The first-order chi connectivity index (χ1) is 9.66. The number of ether oxygens (including phenoxy) is 3. The number of carbonyl (C=O) groups is 1. The molecule has 1 fully saturated rings. The van der Waals surface area contributed by atoms with Crippen molar-refractivity contribution in [2.45, 2.75) is 32.3 Å². The third-order valence-electron chi connectivity index (χ3n) is 3.74. The van der Waals surface area contributed by atoms with E-state index < -0.39 is 0 Å². The molecule has 0 amide bonds. The van der Waals surface area contributed by atoms with Gasteiger partial charge in [-0.1, -0.05) is 0 Å². The number of carbonyl (C=O) groups excluding carboxylic acids is 1. The molecule has 0 atom stereocenters. The summed E-state index contributed by atoms with van der Waals surface area (Å²) in [4.78, 5) is 12.3. The Morgan fingerprint density at radius 3 is 2.25 bits per heavy atom. The van der Waals surface area contributed by atoms with E-state index in [-0.39, 0.29) is 5.78 Å². The van der Waals surface area contributed by atoms with E-state index in [9.17, 15) is 4.79 Å². The van der Waals surface area contributed by atoms with Gasteiger partial charge in [0.1, 0.15) is 11.5 Å². The van der Waals surface area contributed by atoms with Crippen LogP contribution in [0.3, 0.4) is 0 Å². The molecule has 1 saturated carbocycles. The molecule has 1 aromatic rings. The summed E-state index contributed by atoms with van der Waals surface area (Å²) in [6, 6.07) is 5.30. The van der Waals surface area contributed by atoms with E-state index in [1.54, 1.807) is 32.4 Å². The molecule has 110 valence electrons. The maximum atomic E-state index is 12.3. The SMILES string of the molecule is CCOC1CC(CC(=O)c2cc(OC)cc(OC)c2)C1. The van der Waals surface area contributed by atoms with Gasteiger partial charge in [0.2, 0.25) is 0 Å². The summed E-state index contributed by atoms with van der Waals surface area (Å²) in [6.45, 7) is 2.75. The quantitative estimate of drug-likeness (QED) is 0.719. The number of benzene rings is 1. The maximum absolute atomic E-state index is 12.3. The van der Waals surface area contributed by atoms with Gasteiger partial charge in [-0.25, -0.2) is 0 Å². The molecule has 20 heavy (non-hydrogen) atoms. The minimum absolute atomic E-state index is 0.141. The summed E-state index contributed by atoms with van der Waals surface area (Å²) >= 11 is 0. The van der Waals surface area contributed by atoms with Gasteiger partial charge in [0.15, 0.2) is 5.78 Å². The number of methoxy groups -OCH3 is 2. The van der Waals surface area contributed by atoms with E-state index >= 15 is 0 Å². The van der Waals surface area contributed by atoms with Crippen molar-refractivity contribution in [2.24, 2.45) is 5.92 Å². The summed E-state index contributed by atoms with van der Waals surface area (Å²) in [7, 11) is 3.17. The van der Waals surface area contributed by atoms with Crippen molar-refractivity contribution in [1.82, 2.24) is 0 Å². The van der Waals surface area contributed by atoms with Gasteiger partial charge in [-0.05, 0) is 37.8 Å². The first-order valence-corrected chi connectivity index (χ1v) is 7.04. The molecule has 4 nitrogen and oxygen atoms in total. The predicted molar refractivity (Wildman–Crippen MR) is 76.6 cm³/mol. The third-order valence-corrected chi connectivity index (χ3v) is 3.74. The van der Waals surface area contributed by atoms with Crippen molar-refractivity contribution in [3.05, 3.63) is 23.8 Å². The molecule has 0 aromatic heterocycles. The van der Waals surface area contributed by atoms with E-state index in [2.05, 4.69) is 0 Å². The molecule has 0 bridgehead atoms. The van der Waals surface area contributed by atoms with Gasteiger partial charge in [0, 0.05) is 24.7 Å². The topological polar surface area (TPSA) is 44.8 Å². The lowest BCUT2D eigenvalue weighted by Gasteiger charge is -2.34. The molecule has 0 spiro atoms. The fraction of sp³-hybridized carbons (Fsp3) is 0.562. The van der Waals surface area contributed by atoms with Crippen LogP contribution in [-0.4, -0.2) is 32.7 Å². The van der Waals surface area contributed by atoms with E-state index in [4.69, 9.17) is 14.2 Å². The van der Waals surface area contributed by atoms with Gasteiger partial charge in [0.05, 0.1) is 20.3 Å². The molecule has 0 aliphatic heterocycles. The Hall–Kier alpha value is -1.55. The number of ketones is 1. The Morgan fingerprint density at radius 1 is 1.15 bits per heavy atom. The number of rotatable bonds is 7. The second-order valence-corrected chi connectivity index (χ2v) is 5.14. The standard InChI is InChI=1S/C16H22O4/c1-4-20-15-5-11(6-15)7-16(17)12-8-13(18-2)10-14(9-12)19-3/h8-11,15H,4-7H2,1-3H3. The van der Waals surface area contributed by atoms with Crippen LogP contribution >= 0.6 is 0 Å². The van der Waals surface area contributed by atoms with E-state index in [0.29, 0.717) is 35.5 Å². The molecule has 0 N–H and O–H groups in total. The normalized spacial score (nSPS) is 21.1. The molecule has 1 aliphatic rings. The Kier molecular flexibility index (Phi) is 5.01. The van der Waals surface area contributed by atoms with Crippen LogP contribution in [0.15, 0.2) is 18.2 Å². The van der Waals surface area contributed by atoms with Crippen molar-refractivity contribution < 1.29 is 19.0 Å². The highest BCUT2D eigenvalue weighted by molar-refractivity contribution is 5.97. The lowest BCUT2D eigenvalue weighted by Crippen LogP contribution is -2.32. The van der Waals surface area contributed by atoms with E-state index in [1.165, 1.54) is 0 Å². The average molecular weight is 278 g/mol. The molecular weight excluding hydrogens is 256 g/mol. The van der Waals surface area contributed by atoms with Gasteiger partial charge in [-0.2, -0.15) is 0 Å². The van der Waals surface area contributed by atoms with Gasteiger partial charge in [0.25, 0.3) is 0 Å². The summed E-state index contributed by atoms with van der Waals surface area (Å²) in [6.07, 6.45) is 2.89. The van der Waals surface area contributed by atoms with Crippen LogP contribution in [0.4, 0.5) is 0 Å². The summed E-state index contributed by atoms with van der Waals surface area (Å²) in [5, 5.41) is 0. The highest BCUT2D eigenvalue weighted by Crippen LogP contribution is 2.34. The zero-order valence-corrected chi connectivity index (χ0v) is 12.3. The molecule has 0 radical (unpaired) electrons.